The van der Waals surface area contributed by atoms with Crippen molar-refractivity contribution in [3.05, 3.63) is 55.4 Å². The van der Waals surface area contributed by atoms with Crippen LogP contribution in [0.25, 0.3) is 5.78 Å². The van der Waals surface area contributed by atoms with E-state index in [9.17, 15) is 4.79 Å². The molecule has 3 rings (SSSR count). The van der Waals surface area contributed by atoms with Crippen molar-refractivity contribution in [3.8, 4) is 0 Å². The van der Waals surface area contributed by atoms with E-state index in [-0.39, 0.29) is 5.56 Å². The van der Waals surface area contributed by atoms with Crippen LogP contribution in [0.4, 0.5) is 0 Å². The van der Waals surface area contributed by atoms with Gasteiger partial charge in [0.15, 0.2) is 5.16 Å². The molecular formula is C14H12Cl2N4OS. The topological polar surface area (TPSA) is 63.1 Å². The summed E-state index contributed by atoms with van der Waals surface area (Å²) >= 11 is 13.6. The molecule has 3 aromatic rings. The van der Waals surface area contributed by atoms with Crippen LogP contribution in [0.1, 0.15) is 16.8 Å². The van der Waals surface area contributed by atoms with Gasteiger partial charge in [0.05, 0.1) is 0 Å². The van der Waals surface area contributed by atoms with Gasteiger partial charge in [-0.2, -0.15) is 0 Å². The molecule has 0 fully saturated rings. The fourth-order valence-corrected chi connectivity index (χ4v) is 3.60. The van der Waals surface area contributed by atoms with Crippen molar-refractivity contribution >= 4 is 40.7 Å². The van der Waals surface area contributed by atoms with Crippen LogP contribution in [0.3, 0.4) is 0 Å². The van der Waals surface area contributed by atoms with E-state index in [1.807, 2.05) is 17.4 Å². The highest BCUT2D eigenvalue weighted by Crippen LogP contribution is 2.28. The third-order valence-corrected chi connectivity index (χ3v) is 5.01. The molecule has 0 unspecified atom stereocenters. The molecule has 0 amide bonds. The van der Waals surface area contributed by atoms with Crippen molar-refractivity contribution in [1.29, 1.82) is 0 Å². The van der Waals surface area contributed by atoms with E-state index in [1.165, 1.54) is 11.8 Å². The lowest BCUT2D eigenvalue weighted by molar-refractivity contribution is 0.875. The fourth-order valence-electron chi connectivity index (χ4n) is 2.06. The molecule has 0 saturated carbocycles. The Morgan fingerprint density at radius 3 is 2.77 bits per heavy atom. The molecule has 0 aliphatic rings. The maximum atomic E-state index is 11.7. The van der Waals surface area contributed by atoms with Crippen LogP contribution in [0.5, 0.6) is 0 Å². The average molecular weight is 355 g/mol. The Hall–Kier alpha value is -1.50. The Kier molecular flexibility index (Phi) is 4.16. The number of rotatable bonds is 3. The first-order valence-corrected chi connectivity index (χ1v) is 8.23. The standard InChI is InChI=1S/C14H12Cl2N4OS/c1-7-8(2)20-13(17-12(7)21)18-19-14(20)22-6-9-3-4-10(15)5-11(9)16/h3-5H,6H2,1-2H3,(H,17,18,21). The Morgan fingerprint density at radius 1 is 1.27 bits per heavy atom. The summed E-state index contributed by atoms with van der Waals surface area (Å²) in [6.07, 6.45) is 0. The molecule has 5 nitrogen and oxygen atoms in total. The molecular weight excluding hydrogens is 343 g/mol. The number of H-pyrrole nitrogens is 1. The van der Waals surface area contributed by atoms with E-state index in [1.54, 1.807) is 19.1 Å². The normalized spacial score (nSPS) is 11.3. The first kappa shape index (κ1) is 15.4. The van der Waals surface area contributed by atoms with Crippen molar-refractivity contribution in [2.75, 3.05) is 0 Å². The van der Waals surface area contributed by atoms with Crippen molar-refractivity contribution in [2.24, 2.45) is 0 Å². The van der Waals surface area contributed by atoms with Gasteiger partial charge in [-0.25, -0.2) is 0 Å². The van der Waals surface area contributed by atoms with Crippen LogP contribution in [0.2, 0.25) is 10.0 Å². The van der Waals surface area contributed by atoms with Crippen LogP contribution >= 0.6 is 35.0 Å². The molecule has 0 spiro atoms. The van der Waals surface area contributed by atoms with Gasteiger partial charge in [-0.1, -0.05) is 41.0 Å². The summed E-state index contributed by atoms with van der Waals surface area (Å²) in [6.45, 7) is 3.65. The predicted octanol–water partition coefficient (Wildman–Crippen LogP) is 3.63. The third-order valence-electron chi connectivity index (χ3n) is 3.45. The zero-order chi connectivity index (χ0) is 15.9. The molecule has 0 atom stereocenters. The van der Waals surface area contributed by atoms with Crippen LogP contribution in [-0.4, -0.2) is 19.6 Å². The number of nitrogens with zero attached hydrogens (tertiary/aromatic N) is 3. The molecule has 114 valence electrons. The first-order valence-electron chi connectivity index (χ1n) is 6.48. The van der Waals surface area contributed by atoms with Gasteiger partial charge in [0.25, 0.3) is 5.56 Å². The fraction of sp³-hybridized carbons (Fsp3) is 0.214. The maximum Gasteiger partial charge on any atom is 0.255 e. The number of halogens is 2. The SMILES string of the molecule is Cc1c(C)n2c(SCc3ccc(Cl)cc3Cl)nnc2[nH]c1=O. The number of aromatic nitrogens is 4. The minimum Gasteiger partial charge on any atom is -0.290 e. The lowest BCUT2D eigenvalue weighted by atomic mass is 10.2. The smallest absolute Gasteiger partial charge is 0.255 e. The summed E-state index contributed by atoms with van der Waals surface area (Å²) < 4.78 is 1.84. The number of hydrogen-bond donors (Lipinski definition) is 1. The van der Waals surface area contributed by atoms with Gasteiger partial charge in [0.1, 0.15) is 0 Å². The quantitative estimate of drug-likeness (QED) is 0.729. The van der Waals surface area contributed by atoms with Crippen molar-refractivity contribution in [2.45, 2.75) is 24.8 Å². The highest BCUT2D eigenvalue weighted by Gasteiger charge is 2.13. The molecule has 0 aliphatic carbocycles. The first-order chi connectivity index (χ1) is 10.5. The Balaban J connectivity index is 1.95. The van der Waals surface area contributed by atoms with Crippen molar-refractivity contribution < 1.29 is 0 Å². The number of hydrogen-bond acceptors (Lipinski definition) is 4. The number of thioether (sulfide) groups is 1. The molecule has 2 heterocycles. The minimum absolute atomic E-state index is 0.144. The second-order valence-corrected chi connectivity index (χ2v) is 6.62. The van der Waals surface area contributed by atoms with Crippen molar-refractivity contribution in [1.82, 2.24) is 19.6 Å². The zero-order valence-electron chi connectivity index (χ0n) is 11.9. The lowest BCUT2D eigenvalue weighted by Gasteiger charge is -2.06. The Morgan fingerprint density at radius 2 is 2.05 bits per heavy atom. The molecule has 8 heteroatoms. The number of nitrogens with one attached hydrogen (secondary N) is 1. The summed E-state index contributed by atoms with van der Waals surface area (Å²) in [5.74, 6) is 1.08. The summed E-state index contributed by atoms with van der Waals surface area (Å²) in [7, 11) is 0. The van der Waals surface area contributed by atoms with Gasteiger partial charge < -0.3 is 0 Å². The molecule has 1 N–H and O–H groups in total. The van der Waals surface area contributed by atoms with E-state index in [2.05, 4.69) is 15.2 Å². The van der Waals surface area contributed by atoms with E-state index in [0.717, 1.165) is 11.3 Å². The predicted molar refractivity (Wildman–Crippen MR) is 89.1 cm³/mol. The van der Waals surface area contributed by atoms with Crippen LogP contribution in [0.15, 0.2) is 28.2 Å². The second-order valence-electron chi connectivity index (χ2n) is 4.83. The van der Waals surface area contributed by atoms with Crippen molar-refractivity contribution in [3.63, 3.8) is 0 Å². The molecule has 0 bridgehead atoms. The summed E-state index contributed by atoms with van der Waals surface area (Å²) in [6, 6.07) is 5.41. The van der Waals surface area contributed by atoms with Crippen LogP contribution in [-0.2, 0) is 5.75 Å². The van der Waals surface area contributed by atoms with E-state index < -0.39 is 0 Å². The lowest BCUT2D eigenvalue weighted by Crippen LogP contribution is -2.15. The van der Waals surface area contributed by atoms with Gasteiger partial charge in [0, 0.05) is 27.1 Å². The Bertz CT molecular complexity index is 919. The van der Waals surface area contributed by atoms with Gasteiger partial charge in [-0.05, 0) is 31.5 Å². The number of fused-ring (bicyclic) bond motifs is 1. The van der Waals surface area contributed by atoms with Crippen LogP contribution in [0, 0.1) is 13.8 Å². The van der Waals surface area contributed by atoms with Crippen LogP contribution < -0.4 is 5.56 Å². The van der Waals surface area contributed by atoms with E-state index >= 15 is 0 Å². The largest absolute Gasteiger partial charge is 0.290 e. The highest BCUT2D eigenvalue weighted by atomic mass is 35.5. The monoisotopic (exact) mass is 354 g/mol. The molecule has 0 saturated heterocycles. The summed E-state index contributed by atoms with van der Waals surface area (Å²) in [5, 5.41) is 10.1. The van der Waals surface area contributed by atoms with Gasteiger partial charge in [0.2, 0.25) is 5.78 Å². The molecule has 0 aliphatic heterocycles. The zero-order valence-corrected chi connectivity index (χ0v) is 14.2. The third kappa shape index (κ3) is 2.74. The van der Waals surface area contributed by atoms with E-state index in [4.69, 9.17) is 23.2 Å². The van der Waals surface area contributed by atoms with E-state index in [0.29, 0.717) is 32.3 Å². The van der Waals surface area contributed by atoms with Gasteiger partial charge in [-0.15, -0.1) is 10.2 Å². The highest BCUT2D eigenvalue weighted by molar-refractivity contribution is 7.98. The van der Waals surface area contributed by atoms with Gasteiger partial charge >= 0.3 is 0 Å². The Labute approximate surface area is 140 Å². The molecule has 1 aromatic carbocycles. The van der Waals surface area contributed by atoms with Gasteiger partial charge in [-0.3, -0.25) is 14.2 Å². The number of aromatic amines is 1. The minimum atomic E-state index is -0.144. The summed E-state index contributed by atoms with van der Waals surface area (Å²) in [4.78, 5) is 14.5. The average Bonchev–Trinajstić information content (AvgIpc) is 2.87. The maximum absolute atomic E-state index is 11.7. The molecule has 0 radical (unpaired) electrons. The number of benzene rings is 1. The second kappa shape index (κ2) is 5.95. The number of aryl methyl sites for hydroxylation is 1. The summed E-state index contributed by atoms with van der Waals surface area (Å²) in [5.41, 5.74) is 2.30. The molecule has 2 aromatic heterocycles. The molecule has 22 heavy (non-hydrogen) atoms.